The van der Waals surface area contributed by atoms with Gasteiger partial charge in [0.2, 0.25) is 0 Å². The van der Waals surface area contributed by atoms with Gasteiger partial charge in [0.1, 0.15) is 0 Å². The molecular formula is C17H16N2O2. The highest BCUT2D eigenvalue weighted by molar-refractivity contribution is 6.15. The zero-order valence-electron chi connectivity index (χ0n) is 11.5. The van der Waals surface area contributed by atoms with Gasteiger partial charge in [0.05, 0.1) is 12.5 Å². The van der Waals surface area contributed by atoms with Crippen molar-refractivity contribution >= 4 is 28.7 Å². The lowest BCUT2D eigenvalue weighted by molar-refractivity contribution is -0.141. The molecule has 1 aromatic carbocycles. The number of para-hydroxylation sites is 1. The van der Waals surface area contributed by atoms with Gasteiger partial charge in [-0.05, 0) is 25.0 Å². The van der Waals surface area contributed by atoms with Crippen molar-refractivity contribution in [1.29, 1.82) is 0 Å². The number of carboxylic acid groups (broad SMARTS) is 1. The first-order valence-corrected chi connectivity index (χ1v) is 7.29. The van der Waals surface area contributed by atoms with Gasteiger partial charge in [-0.2, -0.15) is 0 Å². The first-order chi connectivity index (χ1) is 10.2. The minimum atomic E-state index is -0.731. The molecule has 2 aromatic rings. The van der Waals surface area contributed by atoms with Crippen LogP contribution in [0.3, 0.4) is 0 Å². The molecule has 2 unspecified atom stereocenters. The number of nitrogens with zero attached hydrogens (tertiary/aromatic N) is 1. The van der Waals surface area contributed by atoms with Crippen LogP contribution in [0.4, 0.5) is 0 Å². The first-order valence-electron chi connectivity index (χ1n) is 7.29. The van der Waals surface area contributed by atoms with Crippen molar-refractivity contribution in [2.75, 3.05) is 6.54 Å². The highest BCUT2D eigenvalue weighted by Gasteiger charge is 2.32. The number of aromatic amines is 1. The number of nitrogens with one attached hydrogen (secondary N) is 1. The van der Waals surface area contributed by atoms with Gasteiger partial charge in [0, 0.05) is 33.8 Å². The first kappa shape index (κ1) is 12.4. The quantitative estimate of drug-likeness (QED) is 0.843. The smallest absolute Gasteiger partial charge is 0.308 e. The van der Waals surface area contributed by atoms with Crippen molar-refractivity contribution in [3.05, 3.63) is 41.6 Å². The fraction of sp³-hybridized carbons (Fsp3) is 0.294. The van der Waals surface area contributed by atoms with E-state index in [-0.39, 0.29) is 11.8 Å². The average Bonchev–Trinajstić information content (AvgIpc) is 2.75. The normalized spacial score (nSPS) is 24.1. The Balaban J connectivity index is 1.89. The van der Waals surface area contributed by atoms with Gasteiger partial charge >= 0.3 is 5.97 Å². The van der Waals surface area contributed by atoms with Gasteiger partial charge in [0.25, 0.3) is 0 Å². The molecular weight excluding hydrogens is 264 g/mol. The number of hydrogen-bond acceptors (Lipinski definition) is 2. The predicted molar refractivity (Wildman–Crippen MR) is 82.6 cm³/mol. The molecule has 0 saturated heterocycles. The molecule has 0 radical (unpaired) electrons. The lowest BCUT2D eigenvalue weighted by Gasteiger charge is -2.25. The Kier molecular flexibility index (Phi) is 2.70. The maximum Gasteiger partial charge on any atom is 0.308 e. The van der Waals surface area contributed by atoms with E-state index in [1.54, 1.807) is 0 Å². The molecule has 0 bridgehead atoms. The Labute approximate surface area is 122 Å². The SMILES string of the molecule is O=C(O)C1CN=C2c3c([nH]c4ccccc34)C=CCC2C1. The second kappa shape index (κ2) is 4.58. The molecule has 4 rings (SSSR count). The van der Waals surface area contributed by atoms with E-state index in [1.165, 1.54) is 5.39 Å². The van der Waals surface area contributed by atoms with Crippen LogP contribution in [0.5, 0.6) is 0 Å². The number of H-pyrrole nitrogens is 1. The van der Waals surface area contributed by atoms with Crippen molar-refractivity contribution in [2.24, 2.45) is 16.8 Å². The third-order valence-electron chi connectivity index (χ3n) is 4.48. The zero-order valence-corrected chi connectivity index (χ0v) is 11.5. The summed E-state index contributed by atoms with van der Waals surface area (Å²) in [5, 5.41) is 10.4. The number of rotatable bonds is 1. The molecule has 0 fully saturated rings. The van der Waals surface area contributed by atoms with E-state index < -0.39 is 5.97 Å². The third-order valence-corrected chi connectivity index (χ3v) is 4.48. The average molecular weight is 280 g/mol. The number of hydrogen-bond donors (Lipinski definition) is 2. The Morgan fingerprint density at radius 1 is 1.33 bits per heavy atom. The summed E-state index contributed by atoms with van der Waals surface area (Å²) in [6.07, 6.45) is 5.77. The van der Waals surface area contributed by atoms with Crippen LogP contribution in [0.2, 0.25) is 0 Å². The molecule has 2 heterocycles. The molecule has 1 aliphatic heterocycles. The van der Waals surface area contributed by atoms with Gasteiger partial charge in [-0.15, -0.1) is 0 Å². The molecule has 4 nitrogen and oxygen atoms in total. The number of carboxylic acids is 1. The summed E-state index contributed by atoms with van der Waals surface area (Å²) >= 11 is 0. The number of carbonyl (C=O) groups is 1. The molecule has 2 N–H and O–H groups in total. The topological polar surface area (TPSA) is 65.4 Å². The summed E-state index contributed by atoms with van der Waals surface area (Å²) < 4.78 is 0. The van der Waals surface area contributed by atoms with Gasteiger partial charge in [-0.1, -0.05) is 24.3 Å². The van der Waals surface area contributed by atoms with Crippen LogP contribution in [-0.2, 0) is 4.79 Å². The van der Waals surface area contributed by atoms with Crippen LogP contribution in [0.15, 0.2) is 35.3 Å². The second-order valence-corrected chi connectivity index (χ2v) is 5.79. The third kappa shape index (κ3) is 1.90. The predicted octanol–water partition coefficient (Wildman–Crippen LogP) is 3.09. The lowest BCUT2D eigenvalue weighted by atomic mass is 9.83. The second-order valence-electron chi connectivity index (χ2n) is 5.79. The van der Waals surface area contributed by atoms with E-state index in [0.717, 1.165) is 28.9 Å². The number of aliphatic carboxylic acids is 1. The fourth-order valence-electron chi connectivity index (χ4n) is 3.45. The van der Waals surface area contributed by atoms with Crippen LogP contribution in [-0.4, -0.2) is 28.3 Å². The number of benzene rings is 1. The van der Waals surface area contributed by atoms with Crippen LogP contribution < -0.4 is 0 Å². The number of allylic oxidation sites excluding steroid dienone is 1. The summed E-state index contributed by atoms with van der Waals surface area (Å²) in [7, 11) is 0. The maximum atomic E-state index is 11.2. The number of aromatic nitrogens is 1. The van der Waals surface area contributed by atoms with Crippen molar-refractivity contribution in [1.82, 2.24) is 4.98 Å². The van der Waals surface area contributed by atoms with Gasteiger partial charge in [0.15, 0.2) is 0 Å². The summed E-state index contributed by atoms with van der Waals surface area (Å²) in [6.45, 7) is 0.389. The fourth-order valence-corrected chi connectivity index (χ4v) is 3.45. The minimum Gasteiger partial charge on any atom is -0.481 e. The van der Waals surface area contributed by atoms with Crippen LogP contribution in [0.25, 0.3) is 17.0 Å². The van der Waals surface area contributed by atoms with Crippen molar-refractivity contribution in [3.8, 4) is 0 Å². The summed E-state index contributed by atoms with van der Waals surface area (Å²) in [4.78, 5) is 19.3. The van der Waals surface area contributed by atoms with E-state index in [4.69, 9.17) is 0 Å². The molecule has 0 amide bonds. The molecule has 2 aliphatic rings. The van der Waals surface area contributed by atoms with Crippen LogP contribution in [0.1, 0.15) is 24.1 Å². The summed E-state index contributed by atoms with van der Waals surface area (Å²) in [6, 6.07) is 8.22. The lowest BCUT2D eigenvalue weighted by Crippen LogP contribution is -2.30. The van der Waals surface area contributed by atoms with Crippen molar-refractivity contribution in [2.45, 2.75) is 12.8 Å². The monoisotopic (exact) mass is 280 g/mol. The Bertz CT molecular complexity index is 785. The number of aliphatic imine (C=N–C) groups is 1. The van der Waals surface area contributed by atoms with E-state index in [0.29, 0.717) is 13.0 Å². The van der Waals surface area contributed by atoms with Gasteiger partial charge in [-0.3, -0.25) is 9.79 Å². The molecule has 0 saturated carbocycles. The zero-order chi connectivity index (χ0) is 14.4. The molecule has 4 heteroatoms. The van der Waals surface area contributed by atoms with E-state index in [1.807, 2.05) is 12.1 Å². The van der Waals surface area contributed by atoms with Crippen LogP contribution in [0, 0.1) is 11.8 Å². The Hall–Kier alpha value is -2.36. The standard InChI is InChI=1S/C17H16N2O2/c20-17(21)11-8-10-4-3-7-14-15(16(10)18-9-11)12-5-1-2-6-13(12)19-14/h1-3,5-7,10-11,19H,4,8-9H2,(H,20,21). The minimum absolute atomic E-state index is 0.205. The van der Waals surface area contributed by atoms with Crippen molar-refractivity contribution in [3.63, 3.8) is 0 Å². The summed E-state index contributed by atoms with van der Waals surface area (Å²) in [5.74, 6) is -0.874. The largest absolute Gasteiger partial charge is 0.481 e. The molecule has 1 aliphatic carbocycles. The van der Waals surface area contributed by atoms with Gasteiger partial charge in [-0.25, -0.2) is 0 Å². The molecule has 1 aromatic heterocycles. The molecule has 2 atom stereocenters. The molecule has 0 spiro atoms. The molecule has 21 heavy (non-hydrogen) atoms. The highest BCUT2D eigenvalue weighted by Crippen LogP contribution is 2.35. The van der Waals surface area contributed by atoms with Crippen LogP contribution >= 0.6 is 0 Å². The highest BCUT2D eigenvalue weighted by atomic mass is 16.4. The Morgan fingerprint density at radius 2 is 2.19 bits per heavy atom. The van der Waals surface area contributed by atoms with Crippen molar-refractivity contribution < 1.29 is 9.90 Å². The van der Waals surface area contributed by atoms with E-state index in [2.05, 4.69) is 34.3 Å². The summed E-state index contributed by atoms with van der Waals surface area (Å²) in [5.41, 5.74) is 4.43. The Morgan fingerprint density at radius 3 is 3.05 bits per heavy atom. The van der Waals surface area contributed by atoms with E-state index in [9.17, 15) is 9.90 Å². The van der Waals surface area contributed by atoms with Gasteiger partial charge < -0.3 is 10.1 Å². The number of fused-ring (bicyclic) bond motifs is 5. The van der Waals surface area contributed by atoms with E-state index >= 15 is 0 Å². The molecule has 106 valence electrons. The maximum absolute atomic E-state index is 11.2.